The van der Waals surface area contributed by atoms with Crippen molar-refractivity contribution in [1.29, 1.82) is 0 Å². The molecule has 0 aromatic heterocycles. The molecule has 1 aliphatic rings. The number of methoxy groups -OCH3 is 5. The molecule has 0 spiro atoms. The van der Waals surface area contributed by atoms with Gasteiger partial charge in [0, 0.05) is 24.2 Å². The second-order valence-electron chi connectivity index (χ2n) is 8.25. The van der Waals surface area contributed by atoms with E-state index in [0.29, 0.717) is 22.8 Å². The Morgan fingerprint density at radius 2 is 1.53 bits per heavy atom. The van der Waals surface area contributed by atoms with Crippen LogP contribution in [0.1, 0.15) is 22.3 Å². The van der Waals surface area contributed by atoms with E-state index in [1.165, 1.54) is 58.7 Å². The van der Waals surface area contributed by atoms with Crippen LogP contribution >= 0.6 is 0 Å². The molecule has 1 saturated heterocycles. The number of ether oxygens (including phenoxy) is 5. The first-order chi connectivity index (χ1) is 18.3. The molecule has 0 saturated carbocycles. The highest BCUT2D eigenvalue weighted by atomic mass is 16.5. The number of rotatable bonds is 10. The Bertz CT molecular complexity index is 1190. The van der Waals surface area contributed by atoms with Crippen LogP contribution in [0.15, 0.2) is 36.4 Å². The number of hydrogen-bond donors (Lipinski definition) is 3. The molecule has 1 fully saturated rings. The third kappa shape index (κ3) is 6.09. The van der Waals surface area contributed by atoms with Gasteiger partial charge in [-0.25, -0.2) is 5.48 Å². The van der Waals surface area contributed by atoms with Crippen LogP contribution in [0, 0.1) is 0 Å². The van der Waals surface area contributed by atoms with Gasteiger partial charge in [0.2, 0.25) is 11.7 Å². The number of nitrogens with one attached hydrogen (secondary N) is 2. The predicted octanol–water partition coefficient (Wildman–Crippen LogP) is 1.65. The maximum atomic E-state index is 13.4. The lowest BCUT2D eigenvalue weighted by Gasteiger charge is -2.23. The summed E-state index contributed by atoms with van der Waals surface area (Å²) in [4.78, 5) is 39.7. The molecule has 1 aliphatic heterocycles. The largest absolute Gasteiger partial charge is 0.493 e. The van der Waals surface area contributed by atoms with E-state index >= 15 is 0 Å². The van der Waals surface area contributed by atoms with Gasteiger partial charge in [-0.2, -0.15) is 0 Å². The summed E-state index contributed by atoms with van der Waals surface area (Å²) in [6.45, 7) is 0.0313. The molecule has 3 rings (SSSR count). The van der Waals surface area contributed by atoms with Crippen LogP contribution in [0.2, 0.25) is 0 Å². The second-order valence-corrected chi connectivity index (χ2v) is 8.25. The number of nitrogens with zero attached hydrogens (tertiary/aromatic N) is 1. The first-order valence-electron chi connectivity index (χ1n) is 11.6. The zero-order valence-electron chi connectivity index (χ0n) is 21.8. The first kappa shape index (κ1) is 28.1. The van der Waals surface area contributed by atoms with Crippen molar-refractivity contribution >= 4 is 23.8 Å². The summed E-state index contributed by atoms with van der Waals surface area (Å²) < 4.78 is 26.4. The molecule has 0 aliphatic carbocycles. The normalized spacial score (nSPS) is 16.6. The topological polar surface area (TPSA) is 145 Å². The van der Waals surface area contributed by atoms with Crippen LogP contribution < -0.4 is 34.5 Å². The molecule has 2 aromatic rings. The Balaban J connectivity index is 1.78. The molecule has 38 heavy (non-hydrogen) atoms. The number of amides is 3. The zero-order chi connectivity index (χ0) is 27.8. The molecule has 3 N–H and O–H groups in total. The van der Waals surface area contributed by atoms with E-state index in [1.54, 1.807) is 29.8 Å². The smallest absolute Gasteiger partial charge is 0.266 e. The molecule has 2 aromatic carbocycles. The van der Waals surface area contributed by atoms with Crippen LogP contribution in [0.3, 0.4) is 0 Å². The minimum atomic E-state index is -1.02. The van der Waals surface area contributed by atoms with E-state index in [-0.39, 0.29) is 30.0 Å². The van der Waals surface area contributed by atoms with E-state index in [4.69, 9.17) is 23.7 Å². The summed E-state index contributed by atoms with van der Waals surface area (Å²) in [6.07, 6.45) is 3.04. The highest BCUT2D eigenvalue weighted by molar-refractivity contribution is 5.99. The number of likely N-dealkylation sites (tertiary alicyclic amines) is 1. The van der Waals surface area contributed by atoms with Gasteiger partial charge in [0.25, 0.3) is 11.8 Å². The zero-order valence-corrected chi connectivity index (χ0v) is 21.8. The van der Waals surface area contributed by atoms with Crippen LogP contribution in [0.4, 0.5) is 0 Å². The fourth-order valence-electron chi connectivity index (χ4n) is 4.24. The van der Waals surface area contributed by atoms with Gasteiger partial charge >= 0.3 is 0 Å². The van der Waals surface area contributed by atoms with Gasteiger partial charge in [0.15, 0.2) is 23.0 Å². The quantitative estimate of drug-likeness (QED) is 0.238. The van der Waals surface area contributed by atoms with E-state index in [0.717, 1.165) is 0 Å². The highest BCUT2D eigenvalue weighted by Gasteiger charge is 2.40. The number of benzene rings is 2. The number of hydrogen-bond acceptors (Lipinski definition) is 9. The lowest BCUT2D eigenvalue weighted by atomic mass is 10.1. The van der Waals surface area contributed by atoms with Crippen molar-refractivity contribution in [3.8, 4) is 28.7 Å². The Kier molecular flexibility index (Phi) is 9.39. The third-order valence-corrected chi connectivity index (χ3v) is 6.07. The van der Waals surface area contributed by atoms with Crippen molar-refractivity contribution in [3.05, 3.63) is 47.5 Å². The summed E-state index contributed by atoms with van der Waals surface area (Å²) in [6, 6.07) is 6.57. The van der Waals surface area contributed by atoms with E-state index in [9.17, 15) is 19.6 Å². The summed E-state index contributed by atoms with van der Waals surface area (Å²) in [5, 5.41) is 12.0. The summed E-state index contributed by atoms with van der Waals surface area (Å²) >= 11 is 0. The highest BCUT2D eigenvalue weighted by Crippen LogP contribution is 2.39. The average molecular weight is 530 g/mol. The minimum absolute atomic E-state index is 0.0313. The lowest BCUT2D eigenvalue weighted by molar-refractivity contribution is -0.133. The molecule has 2 atom stereocenters. The van der Waals surface area contributed by atoms with Crippen molar-refractivity contribution in [2.45, 2.75) is 18.5 Å². The molecule has 204 valence electrons. The summed E-state index contributed by atoms with van der Waals surface area (Å²) in [5.74, 6) is 0.207. The molecule has 0 radical (unpaired) electrons. The van der Waals surface area contributed by atoms with Crippen LogP contribution in [-0.4, -0.2) is 82.0 Å². The van der Waals surface area contributed by atoms with Crippen molar-refractivity contribution in [2.75, 3.05) is 42.1 Å². The molecule has 0 unspecified atom stereocenters. The third-order valence-electron chi connectivity index (χ3n) is 6.07. The SMILES string of the molecule is COc1ccc(C=CC(=O)N[C@H]2C[C@@H](C(=O)NO)N(C(=O)c3cc(OC)c(OC)c(OC)c3)C2)cc1OC. The molecule has 3 amide bonds. The van der Waals surface area contributed by atoms with Gasteiger partial charge < -0.3 is 33.9 Å². The monoisotopic (exact) mass is 529 g/mol. The van der Waals surface area contributed by atoms with E-state index < -0.39 is 29.8 Å². The fourth-order valence-corrected chi connectivity index (χ4v) is 4.24. The minimum Gasteiger partial charge on any atom is -0.493 e. The van der Waals surface area contributed by atoms with Crippen molar-refractivity contribution < 1.29 is 43.3 Å². The summed E-state index contributed by atoms with van der Waals surface area (Å²) in [5.41, 5.74) is 2.48. The van der Waals surface area contributed by atoms with Gasteiger partial charge in [-0.05, 0) is 42.3 Å². The Hall–Kier alpha value is -4.45. The first-order valence-corrected chi connectivity index (χ1v) is 11.6. The van der Waals surface area contributed by atoms with Crippen molar-refractivity contribution in [1.82, 2.24) is 15.7 Å². The molecular weight excluding hydrogens is 498 g/mol. The standard InChI is InChI=1S/C26H31N3O9/c1-34-19-8-6-15(10-20(19)35-2)7-9-23(30)27-17-13-18(25(31)28-33)29(14-17)26(32)16-11-21(36-3)24(38-5)22(12-16)37-4/h6-12,17-18,33H,13-14H2,1-5H3,(H,27,30)(H,28,31)/t17-,18-/m0/s1. The van der Waals surface area contributed by atoms with Gasteiger partial charge in [-0.15, -0.1) is 0 Å². The van der Waals surface area contributed by atoms with Gasteiger partial charge in [-0.3, -0.25) is 19.6 Å². The Morgan fingerprint density at radius 3 is 2.08 bits per heavy atom. The van der Waals surface area contributed by atoms with Crippen LogP contribution in [0.25, 0.3) is 6.08 Å². The van der Waals surface area contributed by atoms with E-state index in [1.807, 2.05) is 0 Å². The second kappa shape index (κ2) is 12.7. The number of hydroxylamine groups is 1. The fraction of sp³-hybridized carbons (Fsp3) is 0.346. The molecule has 1 heterocycles. The lowest BCUT2D eigenvalue weighted by Crippen LogP contribution is -2.45. The maximum Gasteiger partial charge on any atom is 0.266 e. The van der Waals surface area contributed by atoms with Crippen LogP contribution in [0.5, 0.6) is 28.7 Å². The average Bonchev–Trinajstić information content (AvgIpc) is 3.37. The number of carbonyl (C=O) groups excluding carboxylic acids is 3. The predicted molar refractivity (Wildman–Crippen MR) is 136 cm³/mol. The van der Waals surface area contributed by atoms with Gasteiger partial charge in [-0.1, -0.05) is 6.07 Å². The summed E-state index contributed by atoms with van der Waals surface area (Å²) in [7, 11) is 7.33. The van der Waals surface area contributed by atoms with Gasteiger partial charge in [0.1, 0.15) is 6.04 Å². The van der Waals surface area contributed by atoms with E-state index in [2.05, 4.69) is 5.32 Å². The molecule has 0 bridgehead atoms. The molecular formula is C26H31N3O9. The van der Waals surface area contributed by atoms with Crippen LogP contribution in [-0.2, 0) is 9.59 Å². The molecule has 12 heteroatoms. The Morgan fingerprint density at radius 1 is 0.895 bits per heavy atom. The van der Waals surface area contributed by atoms with Crippen molar-refractivity contribution in [3.63, 3.8) is 0 Å². The van der Waals surface area contributed by atoms with Crippen molar-refractivity contribution in [2.24, 2.45) is 0 Å². The van der Waals surface area contributed by atoms with Gasteiger partial charge in [0.05, 0.1) is 35.5 Å². The number of carbonyl (C=O) groups is 3. The Labute approximate surface area is 220 Å². The molecule has 12 nitrogen and oxygen atoms in total. The maximum absolute atomic E-state index is 13.4.